The maximum atomic E-state index is 12.0. The zero-order chi connectivity index (χ0) is 19.6. The maximum absolute atomic E-state index is 12.0. The number of carbonyl (C=O) groups is 1. The van der Waals surface area contributed by atoms with Crippen LogP contribution in [0.15, 0.2) is 45.6 Å². The van der Waals surface area contributed by atoms with Crippen molar-refractivity contribution in [2.24, 2.45) is 0 Å². The Kier molecular flexibility index (Phi) is 5.31. The van der Waals surface area contributed by atoms with Gasteiger partial charge in [0, 0.05) is 22.6 Å². The van der Waals surface area contributed by atoms with E-state index in [1.54, 1.807) is 18.2 Å². The third-order valence-electron chi connectivity index (χ3n) is 4.55. The molecule has 0 amide bonds. The maximum Gasteiger partial charge on any atom is 0.336 e. The van der Waals surface area contributed by atoms with Crippen molar-refractivity contribution in [2.75, 3.05) is 7.11 Å². The molecule has 0 unspecified atom stereocenters. The second-order valence-corrected chi connectivity index (χ2v) is 6.77. The van der Waals surface area contributed by atoms with E-state index < -0.39 is 5.63 Å². The number of hydrogen-bond donors (Lipinski definition) is 0. The molecule has 0 N–H and O–H groups in total. The molecule has 0 bridgehead atoms. The van der Waals surface area contributed by atoms with E-state index in [1.165, 1.54) is 18.7 Å². The van der Waals surface area contributed by atoms with Gasteiger partial charge >= 0.3 is 5.63 Å². The molecule has 5 heteroatoms. The van der Waals surface area contributed by atoms with Crippen LogP contribution in [0, 0.1) is 6.92 Å². The van der Waals surface area contributed by atoms with Crippen LogP contribution in [0.1, 0.15) is 46.8 Å². The fourth-order valence-electron chi connectivity index (χ4n) is 3.17. The Morgan fingerprint density at radius 1 is 1.11 bits per heavy atom. The van der Waals surface area contributed by atoms with Crippen molar-refractivity contribution in [1.29, 1.82) is 0 Å². The summed E-state index contributed by atoms with van der Waals surface area (Å²) in [4.78, 5) is 22.9. The third-order valence-corrected chi connectivity index (χ3v) is 4.55. The summed E-state index contributed by atoms with van der Waals surface area (Å²) in [7, 11) is 1.51. The largest absolute Gasteiger partial charge is 0.493 e. The number of hydrogen-bond acceptors (Lipinski definition) is 5. The number of fused-ring (bicyclic) bond motifs is 1. The molecule has 0 atom stereocenters. The van der Waals surface area contributed by atoms with Crippen LogP contribution in [-0.2, 0) is 6.61 Å². The minimum Gasteiger partial charge on any atom is -0.493 e. The summed E-state index contributed by atoms with van der Waals surface area (Å²) >= 11 is 0. The van der Waals surface area contributed by atoms with Crippen molar-refractivity contribution in [1.82, 2.24) is 0 Å². The molecule has 0 radical (unpaired) electrons. The molecule has 1 heterocycles. The molecule has 140 valence electrons. The highest BCUT2D eigenvalue weighted by molar-refractivity contribution is 5.82. The average Bonchev–Trinajstić information content (AvgIpc) is 2.64. The highest BCUT2D eigenvalue weighted by atomic mass is 16.5. The number of ether oxygens (including phenoxy) is 2. The number of aryl methyl sites for hydroxylation is 1. The zero-order valence-electron chi connectivity index (χ0n) is 15.9. The highest BCUT2D eigenvalue weighted by Crippen LogP contribution is 2.30. The normalized spacial score (nSPS) is 11.0. The Morgan fingerprint density at radius 2 is 1.89 bits per heavy atom. The summed E-state index contributed by atoms with van der Waals surface area (Å²) in [6.07, 6.45) is 0.748. The van der Waals surface area contributed by atoms with Crippen LogP contribution in [-0.4, -0.2) is 13.4 Å². The molecule has 0 spiro atoms. The Labute approximate surface area is 157 Å². The highest BCUT2D eigenvalue weighted by Gasteiger charge is 2.13. The molecule has 0 aliphatic heterocycles. The SMILES string of the molecule is COc1cc(C=O)ccc1OCc1cc(=O)oc2cc(C)c(C(C)C)cc12. The summed E-state index contributed by atoms with van der Waals surface area (Å²) in [6, 6.07) is 10.4. The first kappa shape index (κ1) is 18.7. The lowest BCUT2D eigenvalue weighted by atomic mass is 9.95. The Morgan fingerprint density at radius 3 is 2.56 bits per heavy atom. The van der Waals surface area contributed by atoms with E-state index in [9.17, 15) is 9.59 Å². The Hall–Kier alpha value is -3.08. The van der Waals surface area contributed by atoms with E-state index in [4.69, 9.17) is 13.9 Å². The molecule has 1 aromatic heterocycles. The van der Waals surface area contributed by atoms with Gasteiger partial charge in [0.15, 0.2) is 11.5 Å². The van der Waals surface area contributed by atoms with Crippen molar-refractivity contribution in [3.8, 4) is 11.5 Å². The molecular weight excluding hydrogens is 344 g/mol. The van der Waals surface area contributed by atoms with E-state index in [-0.39, 0.29) is 6.61 Å². The van der Waals surface area contributed by atoms with Crippen LogP contribution >= 0.6 is 0 Å². The van der Waals surface area contributed by atoms with Crippen LogP contribution in [0.3, 0.4) is 0 Å². The van der Waals surface area contributed by atoms with Crippen LogP contribution in [0.2, 0.25) is 0 Å². The van der Waals surface area contributed by atoms with Crippen molar-refractivity contribution in [2.45, 2.75) is 33.3 Å². The second kappa shape index (κ2) is 7.66. The Balaban J connectivity index is 2.01. The molecule has 0 saturated carbocycles. The van der Waals surface area contributed by atoms with Gasteiger partial charge in [-0.3, -0.25) is 4.79 Å². The van der Waals surface area contributed by atoms with Crippen molar-refractivity contribution < 1.29 is 18.7 Å². The van der Waals surface area contributed by atoms with Gasteiger partial charge in [0.05, 0.1) is 7.11 Å². The number of carbonyl (C=O) groups excluding carboxylic acids is 1. The van der Waals surface area contributed by atoms with Crippen LogP contribution < -0.4 is 15.1 Å². The summed E-state index contributed by atoms with van der Waals surface area (Å²) in [5.74, 6) is 1.32. The number of benzene rings is 2. The minimum atomic E-state index is -0.416. The van der Waals surface area contributed by atoms with Crippen LogP contribution in [0.4, 0.5) is 0 Å². The predicted molar refractivity (Wildman–Crippen MR) is 104 cm³/mol. The lowest BCUT2D eigenvalue weighted by Gasteiger charge is -2.14. The summed E-state index contributed by atoms with van der Waals surface area (Å²) in [5.41, 5.74) is 3.66. The smallest absolute Gasteiger partial charge is 0.336 e. The Bertz CT molecular complexity index is 1050. The van der Waals surface area contributed by atoms with Gasteiger partial charge < -0.3 is 13.9 Å². The van der Waals surface area contributed by atoms with Crippen molar-refractivity contribution in [3.63, 3.8) is 0 Å². The number of aldehydes is 1. The fourth-order valence-corrected chi connectivity index (χ4v) is 3.17. The van der Waals surface area contributed by atoms with Gasteiger partial charge in [-0.15, -0.1) is 0 Å². The first-order chi connectivity index (χ1) is 12.9. The predicted octanol–water partition coefficient (Wildman–Crippen LogP) is 4.62. The van der Waals surface area contributed by atoms with E-state index >= 15 is 0 Å². The molecule has 0 aliphatic rings. The summed E-state index contributed by atoms with van der Waals surface area (Å²) < 4.78 is 16.5. The zero-order valence-corrected chi connectivity index (χ0v) is 15.9. The van der Waals surface area contributed by atoms with Crippen LogP contribution in [0.25, 0.3) is 11.0 Å². The van der Waals surface area contributed by atoms with Gasteiger partial charge in [0.1, 0.15) is 18.5 Å². The van der Waals surface area contributed by atoms with E-state index in [1.807, 2.05) is 13.0 Å². The summed E-state index contributed by atoms with van der Waals surface area (Å²) in [5, 5.41) is 0.854. The van der Waals surface area contributed by atoms with Gasteiger partial charge in [-0.1, -0.05) is 13.8 Å². The van der Waals surface area contributed by atoms with Gasteiger partial charge in [0.25, 0.3) is 0 Å². The molecule has 0 aliphatic carbocycles. The standard InChI is InChI=1S/C22H22O5/c1-13(2)17-10-18-16(9-22(24)27-20(18)7-14(17)3)12-26-19-6-5-15(11-23)8-21(19)25-4/h5-11,13H,12H2,1-4H3. The molecule has 2 aromatic carbocycles. The summed E-state index contributed by atoms with van der Waals surface area (Å²) in [6.45, 7) is 6.45. The van der Waals surface area contributed by atoms with E-state index in [0.29, 0.717) is 28.6 Å². The third kappa shape index (κ3) is 3.87. The molecular formula is C22H22O5. The fraction of sp³-hybridized carbons (Fsp3) is 0.273. The van der Waals surface area contributed by atoms with Gasteiger partial charge in [-0.2, -0.15) is 0 Å². The molecule has 27 heavy (non-hydrogen) atoms. The first-order valence-electron chi connectivity index (χ1n) is 8.76. The van der Waals surface area contributed by atoms with Crippen molar-refractivity contribution >= 4 is 17.3 Å². The lowest BCUT2D eigenvalue weighted by Crippen LogP contribution is -2.06. The molecule has 5 nitrogen and oxygen atoms in total. The topological polar surface area (TPSA) is 65.7 Å². The van der Waals surface area contributed by atoms with Gasteiger partial charge in [-0.25, -0.2) is 4.79 Å². The van der Waals surface area contributed by atoms with Gasteiger partial charge in [-0.05, 0) is 54.3 Å². The number of methoxy groups -OCH3 is 1. The molecule has 0 fully saturated rings. The molecule has 3 aromatic rings. The van der Waals surface area contributed by atoms with E-state index in [2.05, 4.69) is 19.9 Å². The quantitative estimate of drug-likeness (QED) is 0.470. The second-order valence-electron chi connectivity index (χ2n) is 6.77. The van der Waals surface area contributed by atoms with Gasteiger partial charge in [0.2, 0.25) is 0 Å². The van der Waals surface area contributed by atoms with Crippen molar-refractivity contribution in [3.05, 3.63) is 69.1 Å². The number of rotatable bonds is 6. The lowest BCUT2D eigenvalue weighted by molar-refractivity contribution is 0.112. The monoisotopic (exact) mass is 366 g/mol. The average molecular weight is 366 g/mol. The van der Waals surface area contributed by atoms with Crippen LogP contribution in [0.5, 0.6) is 11.5 Å². The first-order valence-corrected chi connectivity index (χ1v) is 8.76. The molecule has 3 rings (SSSR count). The van der Waals surface area contributed by atoms with E-state index in [0.717, 1.165) is 22.8 Å². The molecule has 0 saturated heterocycles. The minimum absolute atomic E-state index is 0.180.